The number of ether oxygens (including phenoxy) is 2. The Morgan fingerprint density at radius 1 is 1.50 bits per heavy atom. The Balaban J connectivity index is 2.13. The number of aromatic nitrogens is 1. The van der Waals surface area contributed by atoms with Crippen molar-refractivity contribution in [3.05, 3.63) is 45.4 Å². The van der Waals surface area contributed by atoms with Gasteiger partial charge in [0.2, 0.25) is 0 Å². The molecule has 0 amide bonds. The summed E-state index contributed by atoms with van der Waals surface area (Å²) in [5.41, 5.74) is 2.06. The van der Waals surface area contributed by atoms with Gasteiger partial charge in [0.05, 0.1) is 26.8 Å². The number of hydrogen-bond acceptors (Lipinski definition) is 7. The van der Waals surface area contributed by atoms with Gasteiger partial charge in [-0.25, -0.2) is 9.78 Å². The lowest BCUT2D eigenvalue weighted by Gasteiger charge is -2.08. The molecule has 0 aliphatic heterocycles. The molecule has 1 atom stereocenters. The molecule has 6 nitrogen and oxygen atoms in total. The molecule has 1 aromatic carbocycles. The number of aryl methyl sites for hydroxylation is 1. The Bertz CT molecular complexity index is 793. The summed E-state index contributed by atoms with van der Waals surface area (Å²) >= 11 is 1.44. The first-order valence-corrected chi connectivity index (χ1v) is 8.03. The molecule has 7 heteroatoms. The van der Waals surface area contributed by atoms with E-state index in [0.29, 0.717) is 17.9 Å². The minimum absolute atomic E-state index is 0.344. The number of aliphatic imine (C=N–C) groups is 1. The largest absolute Gasteiger partial charge is 0.496 e. The van der Waals surface area contributed by atoms with Crippen LogP contribution in [0, 0.1) is 18.3 Å². The van der Waals surface area contributed by atoms with E-state index in [0.717, 1.165) is 16.3 Å². The fraction of sp³-hybridized carbons (Fsp3) is 0.294. The third-order valence-corrected chi connectivity index (χ3v) is 4.29. The van der Waals surface area contributed by atoms with Gasteiger partial charge in [0.25, 0.3) is 0 Å². The van der Waals surface area contributed by atoms with Crippen molar-refractivity contribution in [2.75, 3.05) is 14.2 Å². The summed E-state index contributed by atoms with van der Waals surface area (Å²) in [6, 6.07) is 7.37. The Labute approximate surface area is 144 Å². The van der Waals surface area contributed by atoms with E-state index in [4.69, 9.17) is 9.47 Å². The van der Waals surface area contributed by atoms with Crippen LogP contribution in [0.25, 0.3) is 0 Å². The van der Waals surface area contributed by atoms with Gasteiger partial charge in [0.15, 0.2) is 0 Å². The molecule has 0 bridgehead atoms. The number of carbonyl (C=O) groups excluding carboxylic acids is 1. The van der Waals surface area contributed by atoms with E-state index >= 15 is 0 Å². The van der Waals surface area contributed by atoms with Gasteiger partial charge in [-0.3, -0.25) is 4.99 Å². The van der Waals surface area contributed by atoms with Crippen LogP contribution in [0.4, 0.5) is 0 Å². The number of rotatable bonds is 6. The molecule has 0 aliphatic rings. The van der Waals surface area contributed by atoms with Gasteiger partial charge in [-0.05, 0) is 24.6 Å². The molecule has 0 saturated carbocycles. The van der Waals surface area contributed by atoms with E-state index in [-0.39, 0.29) is 0 Å². The monoisotopic (exact) mass is 343 g/mol. The second-order valence-electron chi connectivity index (χ2n) is 4.95. The molecular weight excluding hydrogens is 326 g/mol. The maximum atomic E-state index is 11.8. The molecule has 1 heterocycles. The van der Waals surface area contributed by atoms with Crippen molar-refractivity contribution in [2.45, 2.75) is 19.4 Å². The number of esters is 1. The van der Waals surface area contributed by atoms with Gasteiger partial charge >= 0.3 is 5.97 Å². The fourth-order valence-electron chi connectivity index (χ4n) is 2.05. The van der Waals surface area contributed by atoms with Crippen LogP contribution < -0.4 is 4.74 Å². The minimum atomic E-state index is -0.470. The van der Waals surface area contributed by atoms with Crippen LogP contribution in [0.15, 0.2) is 28.6 Å². The van der Waals surface area contributed by atoms with E-state index in [9.17, 15) is 10.1 Å². The first-order valence-electron chi connectivity index (χ1n) is 7.15. The quantitative estimate of drug-likeness (QED) is 0.594. The highest BCUT2D eigenvalue weighted by molar-refractivity contribution is 7.09. The smallest absolute Gasteiger partial charge is 0.341 e. The Morgan fingerprint density at radius 2 is 2.29 bits per heavy atom. The van der Waals surface area contributed by atoms with E-state index in [1.54, 1.807) is 18.3 Å². The average molecular weight is 343 g/mol. The van der Waals surface area contributed by atoms with Crippen molar-refractivity contribution in [2.24, 2.45) is 4.99 Å². The summed E-state index contributed by atoms with van der Waals surface area (Å²) in [4.78, 5) is 20.4. The predicted molar refractivity (Wildman–Crippen MR) is 91.7 cm³/mol. The zero-order valence-electron chi connectivity index (χ0n) is 13.6. The molecule has 2 rings (SSSR count). The van der Waals surface area contributed by atoms with Gasteiger partial charge < -0.3 is 9.47 Å². The lowest BCUT2D eigenvalue weighted by Crippen LogP contribution is -2.05. The van der Waals surface area contributed by atoms with Crippen LogP contribution in [0.2, 0.25) is 0 Å². The highest BCUT2D eigenvalue weighted by Gasteiger charge is 2.14. The van der Waals surface area contributed by atoms with Gasteiger partial charge in [0, 0.05) is 17.3 Å². The fourth-order valence-corrected chi connectivity index (χ4v) is 2.85. The number of nitriles is 1. The Hall–Kier alpha value is -2.72. The number of methoxy groups -OCH3 is 2. The summed E-state index contributed by atoms with van der Waals surface area (Å²) in [5, 5.41) is 11.9. The van der Waals surface area contributed by atoms with Gasteiger partial charge in [-0.15, -0.1) is 11.3 Å². The molecule has 0 spiro atoms. The molecule has 0 radical (unpaired) electrons. The zero-order chi connectivity index (χ0) is 17.5. The Kier molecular flexibility index (Phi) is 6.04. The SMILES string of the molecule is COC(=O)c1cc(CN=C[C@H](C#N)c2nc(C)cs2)ccc1OC. The van der Waals surface area contributed by atoms with Crippen LogP contribution in [-0.2, 0) is 11.3 Å². The Morgan fingerprint density at radius 3 is 2.88 bits per heavy atom. The van der Waals surface area contributed by atoms with Crippen LogP contribution in [0.5, 0.6) is 5.75 Å². The van der Waals surface area contributed by atoms with Crippen molar-refractivity contribution >= 4 is 23.5 Å². The highest BCUT2D eigenvalue weighted by Crippen LogP contribution is 2.22. The van der Waals surface area contributed by atoms with Crippen molar-refractivity contribution in [3.8, 4) is 11.8 Å². The number of benzene rings is 1. The molecule has 0 N–H and O–H groups in total. The van der Waals surface area contributed by atoms with E-state index in [1.165, 1.54) is 25.6 Å². The molecule has 24 heavy (non-hydrogen) atoms. The van der Waals surface area contributed by atoms with Crippen molar-refractivity contribution < 1.29 is 14.3 Å². The second kappa shape index (κ2) is 8.22. The second-order valence-corrected chi connectivity index (χ2v) is 5.84. The van der Waals surface area contributed by atoms with Gasteiger partial charge in [-0.1, -0.05) is 6.07 Å². The molecular formula is C17H17N3O3S. The van der Waals surface area contributed by atoms with Crippen LogP contribution >= 0.6 is 11.3 Å². The normalized spacial score (nSPS) is 11.9. The van der Waals surface area contributed by atoms with Gasteiger partial charge in [0.1, 0.15) is 22.2 Å². The lowest BCUT2D eigenvalue weighted by atomic mass is 10.1. The summed E-state index contributed by atoms with van der Waals surface area (Å²) < 4.78 is 9.90. The van der Waals surface area contributed by atoms with Crippen LogP contribution in [-0.4, -0.2) is 31.4 Å². The average Bonchev–Trinajstić information content (AvgIpc) is 3.04. The number of nitrogens with zero attached hydrogens (tertiary/aromatic N) is 3. The van der Waals surface area contributed by atoms with Crippen molar-refractivity contribution in [3.63, 3.8) is 0 Å². The summed E-state index contributed by atoms with van der Waals surface area (Å²) in [6.45, 7) is 2.23. The highest BCUT2D eigenvalue weighted by atomic mass is 32.1. The lowest BCUT2D eigenvalue weighted by molar-refractivity contribution is 0.0597. The van der Waals surface area contributed by atoms with Gasteiger partial charge in [-0.2, -0.15) is 5.26 Å². The van der Waals surface area contributed by atoms with E-state index < -0.39 is 11.9 Å². The number of thiazole rings is 1. The molecule has 1 aromatic heterocycles. The first kappa shape index (κ1) is 17.6. The molecule has 0 unspecified atom stereocenters. The number of hydrogen-bond donors (Lipinski definition) is 0. The summed E-state index contributed by atoms with van der Waals surface area (Å²) in [6.07, 6.45) is 1.58. The standard InChI is InChI=1S/C17H17N3O3S/c1-11-10-24-16(20-11)13(7-18)9-19-8-12-4-5-15(22-2)14(6-12)17(21)23-3/h4-6,9-10,13H,8H2,1-3H3/t13-/m0/s1. The molecule has 0 saturated heterocycles. The minimum Gasteiger partial charge on any atom is -0.496 e. The number of carbonyl (C=O) groups is 1. The van der Waals surface area contributed by atoms with Crippen LogP contribution in [0.3, 0.4) is 0 Å². The maximum Gasteiger partial charge on any atom is 0.341 e. The first-order chi connectivity index (χ1) is 11.6. The topological polar surface area (TPSA) is 84.6 Å². The summed E-state index contributed by atoms with van der Waals surface area (Å²) in [5.74, 6) is -0.490. The van der Waals surface area contributed by atoms with E-state index in [1.807, 2.05) is 18.4 Å². The predicted octanol–water partition coefficient (Wildman–Crippen LogP) is 3.12. The zero-order valence-corrected chi connectivity index (χ0v) is 14.5. The molecule has 2 aromatic rings. The maximum absolute atomic E-state index is 11.8. The van der Waals surface area contributed by atoms with Crippen LogP contribution in [0.1, 0.15) is 32.5 Å². The third kappa shape index (κ3) is 4.18. The third-order valence-electron chi connectivity index (χ3n) is 3.24. The molecule has 0 aliphatic carbocycles. The van der Waals surface area contributed by atoms with Crippen molar-refractivity contribution in [1.82, 2.24) is 4.98 Å². The van der Waals surface area contributed by atoms with Crippen molar-refractivity contribution in [1.29, 1.82) is 5.26 Å². The summed E-state index contributed by atoms with van der Waals surface area (Å²) in [7, 11) is 2.81. The molecule has 124 valence electrons. The van der Waals surface area contributed by atoms with E-state index in [2.05, 4.69) is 16.0 Å². The molecule has 0 fully saturated rings.